The number of allylic oxidation sites excluding steroid dienone is 2. The van der Waals surface area contributed by atoms with E-state index in [1.165, 1.54) is 0 Å². The molecule has 0 saturated heterocycles. The van der Waals surface area contributed by atoms with E-state index in [1.807, 2.05) is 19.9 Å². The molecule has 0 aliphatic heterocycles. The van der Waals surface area contributed by atoms with E-state index in [4.69, 9.17) is 0 Å². The number of carbonyl (C=O) groups is 1. The summed E-state index contributed by atoms with van der Waals surface area (Å²) in [7, 11) is -3.26. The topological polar surface area (TPSA) is 60.4 Å². The smallest absolute Gasteiger partial charge is 0.293 e. The lowest BCUT2D eigenvalue weighted by Crippen LogP contribution is -2.04. The van der Waals surface area contributed by atoms with Gasteiger partial charge in [-0.15, -0.1) is 0 Å². The fourth-order valence-corrected chi connectivity index (χ4v) is 3.12. The minimum absolute atomic E-state index is 0.0137. The highest BCUT2D eigenvalue weighted by atomic mass is 32.2. The number of hydrogen-bond acceptors (Lipinski definition) is 4. The SMILES string of the molecule is CC(=CCS(=O)(=O)c1ccccc1)CCC=C(C)COC=O. The number of rotatable bonds is 9. The van der Waals surface area contributed by atoms with Gasteiger partial charge in [-0.1, -0.05) is 35.9 Å². The highest BCUT2D eigenvalue weighted by molar-refractivity contribution is 7.91. The molecule has 22 heavy (non-hydrogen) atoms. The Labute approximate surface area is 132 Å². The van der Waals surface area contributed by atoms with E-state index in [-0.39, 0.29) is 5.75 Å². The summed E-state index contributed by atoms with van der Waals surface area (Å²) in [5.41, 5.74) is 2.01. The van der Waals surface area contributed by atoms with Crippen LogP contribution in [0.2, 0.25) is 0 Å². The van der Waals surface area contributed by atoms with Crippen molar-refractivity contribution in [1.82, 2.24) is 0 Å². The van der Waals surface area contributed by atoms with Gasteiger partial charge in [0.25, 0.3) is 6.47 Å². The molecule has 1 aromatic rings. The molecule has 0 heterocycles. The molecule has 0 saturated carbocycles. The molecule has 4 nitrogen and oxygen atoms in total. The molecular formula is C17H22O4S. The Morgan fingerprint density at radius 3 is 2.41 bits per heavy atom. The second-order valence-corrected chi connectivity index (χ2v) is 7.18. The number of carbonyl (C=O) groups excluding carboxylic acids is 1. The third kappa shape index (κ3) is 6.72. The Kier molecular flexibility index (Phi) is 7.60. The van der Waals surface area contributed by atoms with Crippen LogP contribution >= 0.6 is 0 Å². The van der Waals surface area contributed by atoms with Gasteiger partial charge in [0.2, 0.25) is 0 Å². The lowest BCUT2D eigenvalue weighted by atomic mass is 10.1. The fraction of sp³-hybridized carbons (Fsp3) is 0.353. The van der Waals surface area contributed by atoms with Gasteiger partial charge in [0.05, 0.1) is 10.6 Å². The Balaban J connectivity index is 2.51. The van der Waals surface area contributed by atoms with Crippen LogP contribution in [0.5, 0.6) is 0 Å². The van der Waals surface area contributed by atoms with Crippen molar-refractivity contribution < 1.29 is 17.9 Å². The molecule has 0 radical (unpaired) electrons. The van der Waals surface area contributed by atoms with Crippen LogP contribution in [0.3, 0.4) is 0 Å². The van der Waals surface area contributed by atoms with Gasteiger partial charge in [0.1, 0.15) is 6.61 Å². The summed E-state index contributed by atoms with van der Waals surface area (Å²) in [6, 6.07) is 8.45. The molecule has 0 N–H and O–H groups in total. The second-order valence-electron chi connectivity index (χ2n) is 5.14. The van der Waals surface area contributed by atoms with Crippen LogP contribution in [-0.4, -0.2) is 27.2 Å². The molecule has 0 fully saturated rings. The van der Waals surface area contributed by atoms with Crippen LogP contribution in [-0.2, 0) is 19.4 Å². The van der Waals surface area contributed by atoms with Crippen molar-refractivity contribution in [1.29, 1.82) is 0 Å². The van der Waals surface area contributed by atoms with Crippen molar-refractivity contribution in [2.75, 3.05) is 12.4 Å². The molecule has 0 amide bonds. The van der Waals surface area contributed by atoms with Crippen molar-refractivity contribution in [2.24, 2.45) is 0 Å². The number of ether oxygens (including phenoxy) is 1. The van der Waals surface area contributed by atoms with E-state index in [2.05, 4.69) is 4.74 Å². The van der Waals surface area contributed by atoms with E-state index < -0.39 is 9.84 Å². The van der Waals surface area contributed by atoms with Crippen LogP contribution in [0.15, 0.2) is 58.5 Å². The van der Waals surface area contributed by atoms with Gasteiger partial charge >= 0.3 is 0 Å². The van der Waals surface area contributed by atoms with E-state index >= 15 is 0 Å². The van der Waals surface area contributed by atoms with Crippen LogP contribution < -0.4 is 0 Å². The maximum absolute atomic E-state index is 12.1. The van der Waals surface area contributed by atoms with Gasteiger partial charge in [-0.25, -0.2) is 8.42 Å². The molecule has 0 bridgehead atoms. The summed E-state index contributed by atoms with van der Waals surface area (Å²) in [4.78, 5) is 10.4. The number of benzene rings is 1. The average molecular weight is 322 g/mol. The molecule has 0 spiro atoms. The monoisotopic (exact) mass is 322 g/mol. The Hall–Kier alpha value is -1.88. The van der Waals surface area contributed by atoms with Crippen LogP contribution in [0.1, 0.15) is 26.7 Å². The standard InChI is InChI=1S/C17H22O4S/c1-15(7-6-8-16(2)13-21-14-18)11-12-22(19,20)17-9-4-3-5-10-17/h3-5,8-11,14H,6-7,12-13H2,1-2H3. The Bertz CT molecular complexity index is 628. The molecule has 0 aliphatic carbocycles. The molecule has 0 aromatic heterocycles. The van der Waals surface area contributed by atoms with Gasteiger partial charge in [-0.2, -0.15) is 0 Å². The van der Waals surface area contributed by atoms with Crippen molar-refractivity contribution >= 4 is 16.3 Å². The summed E-state index contributed by atoms with van der Waals surface area (Å²) in [5.74, 6) is 0.0137. The second kappa shape index (κ2) is 9.20. The van der Waals surface area contributed by atoms with Crippen molar-refractivity contribution in [3.63, 3.8) is 0 Å². The molecule has 5 heteroatoms. The lowest BCUT2D eigenvalue weighted by molar-refractivity contribution is -0.127. The van der Waals surface area contributed by atoms with Gasteiger partial charge in [0.15, 0.2) is 9.84 Å². The summed E-state index contributed by atoms with van der Waals surface area (Å²) < 4.78 is 28.9. The molecule has 0 atom stereocenters. The van der Waals surface area contributed by atoms with Crippen LogP contribution in [0, 0.1) is 0 Å². The molecule has 0 unspecified atom stereocenters. The minimum atomic E-state index is -3.26. The zero-order chi connectivity index (χ0) is 16.4. The maximum Gasteiger partial charge on any atom is 0.293 e. The first-order chi connectivity index (χ1) is 10.5. The van der Waals surface area contributed by atoms with Gasteiger partial charge in [0, 0.05) is 0 Å². The number of hydrogen-bond donors (Lipinski definition) is 0. The zero-order valence-electron chi connectivity index (χ0n) is 13.0. The minimum Gasteiger partial charge on any atom is -0.463 e. The highest BCUT2D eigenvalue weighted by Gasteiger charge is 2.11. The van der Waals surface area contributed by atoms with Gasteiger partial charge < -0.3 is 4.74 Å². The molecule has 120 valence electrons. The average Bonchev–Trinajstić information content (AvgIpc) is 2.52. The molecule has 0 aliphatic rings. The molecule has 1 aromatic carbocycles. The summed E-state index contributed by atoms with van der Waals surface area (Å²) in [5, 5.41) is 0. The predicted molar refractivity (Wildman–Crippen MR) is 87.3 cm³/mol. The quantitative estimate of drug-likeness (QED) is 0.517. The molecule has 1 rings (SSSR count). The van der Waals surface area contributed by atoms with Crippen LogP contribution in [0.4, 0.5) is 0 Å². The van der Waals surface area contributed by atoms with Crippen molar-refractivity contribution in [3.05, 3.63) is 53.6 Å². The summed E-state index contributed by atoms with van der Waals surface area (Å²) in [6.45, 7) is 4.54. The first-order valence-corrected chi connectivity index (χ1v) is 8.75. The maximum atomic E-state index is 12.1. The fourth-order valence-electron chi connectivity index (χ4n) is 1.85. The Morgan fingerprint density at radius 1 is 1.09 bits per heavy atom. The predicted octanol–water partition coefficient (Wildman–Crippen LogP) is 3.31. The highest BCUT2D eigenvalue weighted by Crippen LogP contribution is 2.13. The van der Waals surface area contributed by atoms with E-state index in [1.54, 1.807) is 36.4 Å². The largest absolute Gasteiger partial charge is 0.463 e. The summed E-state index contributed by atoms with van der Waals surface area (Å²) >= 11 is 0. The Morgan fingerprint density at radius 2 is 1.77 bits per heavy atom. The lowest BCUT2D eigenvalue weighted by Gasteiger charge is -2.03. The van der Waals surface area contributed by atoms with E-state index in [0.29, 0.717) is 18.0 Å². The van der Waals surface area contributed by atoms with E-state index in [0.717, 1.165) is 24.0 Å². The zero-order valence-corrected chi connectivity index (χ0v) is 13.8. The summed E-state index contributed by atoms with van der Waals surface area (Å²) in [6.07, 6.45) is 5.32. The van der Waals surface area contributed by atoms with Crippen LogP contribution in [0.25, 0.3) is 0 Å². The van der Waals surface area contributed by atoms with Gasteiger partial charge in [-0.05, 0) is 44.4 Å². The van der Waals surface area contributed by atoms with Gasteiger partial charge in [-0.3, -0.25) is 4.79 Å². The third-order valence-electron chi connectivity index (χ3n) is 3.16. The normalized spacial score (nSPS) is 13.0. The first-order valence-electron chi connectivity index (χ1n) is 7.10. The number of sulfone groups is 1. The first kappa shape index (κ1) is 18.2. The van der Waals surface area contributed by atoms with Crippen molar-refractivity contribution in [3.8, 4) is 0 Å². The van der Waals surface area contributed by atoms with E-state index in [9.17, 15) is 13.2 Å². The molecular weight excluding hydrogens is 300 g/mol. The third-order valence-corrected chi connectivity index (χ3v) is 4.76. The van der Waals surface area contributed by atoms with Crippen molar-refractivity contribution in [2.45, 2.75) is 31.6 Å².